The molecule has 2 aromatic carbocycles. The average molecular weight is 548 g/mol. The van der Waals surface area contributed by atoms with Gasteiger partial charge in [-0.25, -0.2) is 0 Å². The SMILES string of the molecule is C=CCn1c(SCC(=O)Nc2cccc(Cl)c2Cl)nnc1[C@@H](NC(=O)c1ccc(OC)cc1)C(C)C. The number of allylic oxidation sites excluding steroid dienone is 1. The fourth-order valence-electron chi connectivity index (χ4n) is 3.35. The highest BCUT2D eigenvalue weighted by atomic mass is 35.5. The minimum Gasteiger partial charge on any atom is -0.497 e. The third-order valence-corrected chi connectivity index (χ3v) is 6.98. The summed E-state index contributed by atoms with van der Waals surface area (Å²) in [6.45, 7) is 8.21. The number of nitrogens with one attached hydrogen (secondary N) is 2. The summed E-state index contributed by atoms with van der Waals surface area (Å²) in [4.78, 5) is 25.5. The highest BCUT2D eigenvalue weighted by Crippen LogP contribution is 2.30. The van der Waals surface area contributed by atoms with Crippen molar-refractivity contribution in [1.29, 1.82) is 0 Å². The van der Waals surface area contributed by atoms with E-state index < -0.39 is 6.04 Å². The molecule has 190 valence electrons. The van der Waals surface area contributed by atoms with E-state index in [0.717, 1.165) is 0 Å². The molecule has 0 aliphatic rings. The molecule has 8 nitrogen and oxygen atoms in total. The summed E-state index contributed by atoms with van der Waals surface area (Å²) in [7, 11) is 1.57. The zero-order valence-corrected chi connectivity index (χ0v) is 22.5. The molecule has 0 aliphatic carbocycles. The van der Waals surface area contributed by atoms with Crippen LogP contribution in [0.3, 0.4) is 0 Å². The van der Waals surface area contributed by atoms with Crippen molar-refractivity contribution in [3.8, 4) is 5.75 Å². The number of thioether (sulfide) groups is 1. The lowest BCUT2D eigenvalue weighted by Crippen LogP contribution is -2.33. The number of nitrogens with zero attached hydrogens (tertiary/aromatic N) is 3. The van der Waals surface area contributed by atoms with Crippen molar-refractivity contribution in [1.82, 2.24) is 20.1 Å². The largest absolute Gasteiger partial charge is 0.497 e. The molecule has 0 spiro atoms. The van der Waals surface area contributed by atoms with Gasteiger partial charge >= 0.3 is 0 Å². The predicted octanol–water partition coefficient (Wildman–Crippen LogP) is 5.64. The van der Waals surface area contributed by atoms with Gasteiger partial charge in [-0.2, -0.15) is 0 Å². The number of carbonyl (C=O) groups excluding carboxylic acids is 2. The predicted molar refractivity (Wildman–Crippen MR) is 144 cm³/mol. The average Bonchev–Trinajstić information content (AvgIpc) is 3.26. The standard InChI is InChI=1S/C25H27Cl2N5O3S/c1-5-13-32-23(22(15(2)3)29-24(34)16-9-11-17(35-4)12-10-16)30-31-25(32)36-14-20(33)28-19-8-6-7-18(26)21(19)27/h5-12,15,22H,1,13-14H2,2-4H3,(H,28,33)(H,29,34)/t22-/m0/s1. The van der Waals surface area contributed by atoms with E-state index >= 15 is 0 Å². The molecule has 0 bridgehead atoms. The Bertz CT molecular complexity index is 1230. The Morgan fingerprint density at radius 1 is 1.17 bits per heavy atom. The van der Waals surface area contributed by atoms with Gasteiger partial charge in [-0.05, 0) is 42.3 Å². The van der Waals surface area contributed by atoms with Crippen LogP contribution in [0.25, 0.3) is 0 Å². The van der Waals surface area contributed by atoms with E-state index in [1.165, 1.54) is 11.8 Å². The van der Waals surface area contributed by atoms with Gasteiger partial charge in [0.05, 0.1) is 34.6 Å². The molecule has 1 atom stereocenters. The summed E-state index contributed by atoms with van der Waals surface area (Å²) >= 11 is 13.4. The first-order chi connectivity index (χ1) is 17.2. The molecule has 0 saturated heterocycles. The van der Waals surface area contributed by atoms with Gasteiger partial charge in [-0.15, -0.1) is 16.8 Å². The maximum atomic E-state index is 12.9. The van der Waals surface area contributed by atoms with Crippen molar-refractivity contribution in [2.45, 2.75) is 31.6 Å². The Balaban J connectivity index is 1.75. The van der Waals surface area contributed by atoms with Crippen LogP contribution in [0, 0.1) is 5.92 Å². The van der Waals surface area contributed by atoms with Gasteiger partial charge in [-0.1, -0.05) is 61.0 Å². The first-order valence-electron chi connectivity index (χ1n) is 11.1. The van der Waals surface area contributed by atoms with E-state index in [-0.39, 0.29) is 28.5 Å². The van der Waals surface area contributed by atoms with Gasteiger partial charge in [0.15, 0.2) is 11.0 Å². The number of hydrogen-bond acceptors (Lipinski definition) is 6. The minimum absolute atomic E-state index is 0.0195. The number of aromatic nitrogens is 3. The fourth-order valence-corrected chi connectivity index (χ4v) is 4.45. The van der Waals surface area contributed by atoms with E-state index in [1.54, 1.807) is 55.7 Å². The molecule has 1 heterocycles. The highest BCUT2D eigenvalue weighted by Gasteiger charge is 2.26. The second-order valence-electron chi connectivity index (χ2n) is 8.10. The quantitative estimate of drug-likeness (QED) is 0.238. The Hall–Kier alpha value is -3.01. The zero-order valence-electron chi connectivity index (χ0n) is 20.1. The molecule has 0 fully saturated rings. The topological polar surface area (TPSA) is 98.1 Å². The van der Waals surface area contributed by atoms with E-state index in [4.69, 9.17) is 27.9 Å². The second-order valence-corrected chi connectivity index (χ2v) is 9.83. The van der Waals surface area contributed by atoms with Gasteiger partial charge in [0.2, 0.25) is 5.91 Å². The van der Waals surface area contributed by atoms with Crippen molar-refractivity contribution in [2.75, 3.05) is 18.2 Å². The number of hydrogen-bond donors (Lipinski definition) is 2. The molecule has 2 amide bonds. The smallest absolute Gasteiger partial charge is 0.251 e. The summed E-state index contributed by atoms with van der Waals surface area (Å²) < 4.78 is 7.00. The van der Waals surface area contributed by atoms with Crippen molar-refractivity contribution < 1.29 is 14.3 Å². The van der Waals surface area contributed by atoms with Crippen LogP contribution in [-0.4, -0.2) is 39.4 Å². The lowest BCUT2D eigenvalue weighted by molar-refractivity contribution is -0.113. The molecule has 3 aromatic rings. The third kappa shape index (κ3) is 6.81. The number of carbonyl (C=O) groups is 2. The Kier molecular flexibility index (Phi) is 9.81. The van der Waals surface area contributed by atoms with Gasteiger partial charge in [0.1, 0.15) is 5.75 Å². The molecule has 11 heteroatoms. The Morgan fingerprint density at radius 2 is 1.89 bits per heavy atom. The molecule has 0 radical (unpaired) electrons. The third-order valence-electron chi connectivity index (χ3n) is 5.20. The summed E-state index contributed by atoms with van der Waals surface area (Å²) in [5.41, 5.74) is 0.936. The van der Waals surface area contributed by atoms with Gasteiger partial charge in [-0.3, -0.25) is 9.59 Å². The van der Waals surface area contributed by atoms with E-state index in [9.17, 15) is 9.59 Å². The van der Waals surface area contributed by atoms with Gasteiger partial charge in [0.25, 0.3) is 5.91 Å². The molecule has 2 N–H and O–H groups in total. The number of benzene rings is 2. The number of ether oxygens (including phenoxy) is 1. The van der Waals surface area contributed by atoms with Gasteiger partial charge < -0.3 is 19.9 Å². The number of anilines is 1. The molecule has 0 aliphatic heterocycles. The van der Waals surface area contributed by atoms with Crippen molar-refractivity contribution in [2.24, 2.45) is 5.92 Å². The molecule has 1 aromatic heterocycles. The summed E-state index contributed by atoms with van der Waals surface area (Å²) in [5.74, 6) is 0.825. The monoisotopic (exact) mass is 547 g/mol. The van der Waals surface area contributed by atoms with Crippen LogP contribution in [0.15, 0.2) is 60.3 Å². The van der Waals surface area contributed by atoms with E-state index in [2.05, 4.69) is 27.4 Å². The van der Waals surface area contributed by atoms with E-state index in [0.29, 0.717) is 39.5 Å². The van der Waals surface area contributed by atoms with Crippen LogP contribution in [0.4, 0.5) is 5.69 Å². The fraction of sp³-hybridized carbons (Fsp3) is 0.280. The number of rotatable bonds is 11. The molecular weight excluding hydrogens is 521 g/mol. The maximum absolute atomic E-state index is 12.9. The lowest BCUT2D eigenvalue weighted by atomic mass is 10.0. The molecular formula is C25H27Cl2N5O3S. The van der Waals surface area contributed by atoms with Crippen LogP contribution in [0.5, 0.6) is 5.75 Å². The Labute approximate surface area is 224 Å². The van der Waals surface area contributed by atoms with E-state index in [1.807, 2.05) is 18.4 Å². The van der Waals surface area contributed by atoms with Crippen molar-refractivity contribution >= 4 is 52.5 Å². The van der Waals surface area contributed by atoms with Crippen LogP contribution in [-0.2, 0) is 11.3 Å². The molecule has 36 heavy (non-hydrogen) atoms. The number of methoxy groups -OCH3 is 1. The van der Waals surface area contributed by atoms with Crippen LogP contribution >= 0.6 is 35.0 Å². The lowest BCUT2D eigenvalue weighted by Gasteiger charge is -2.22. The molecule has 0 unspecified atom stereocenters. The molecule has 0 saturated carbocycles. The van der Waals surface area contributed by atoms with Crippen LogP contribution in [0.1, 0.15) is 36.1 Å². The second kappa shape index (κ2) is 12.8. The van der Waals surface area contributed by atoms with Crippen molar-refractivity contribution in [3.63, 3.8) is 0 Å². The summed E-state index contributed by atoms with van der Waals surface area (Å²) in [5, 5.41) is 15.6. The normalized spacial score (nSPS) is 11.7. The minimum atomic E-state index is -0.416. The van der Waals surface area contributed by atoms with Crippen LogP contribution < -0.4 is 15.4 Å². The Morgan fingerprint density at radius 3 is 2.53 bits per heavy atom. The first kappa shape index (κ1) is 27.6. The maximum Gasteiger partial charge on any atom is 0.251 e. The first-order valence-corrected chi connectivity index (χ1v) is 12.8. The van der Waals surface area contributed by atoms with Crippen LogP contribution in [0.2, 0.25) is 10.0 Å². The van der Waals surface area contributed by atoms with Crippen molar-refractivity contribution in [3.05, 3.63) is 76.6 Å². The molecule has 3 rings (SSSR count). The zero-order chi connectivity index (χ0) is 26.2. The number of amides is 2. The van der Waals surface area contributed by atoms with Gasteiger partial charge in [0, 0.05) is 12.1 Å². The summed E-state index contributed by atoms with van der Waals surface area (Å²) in [6, 6.07) is 11.5. The summed E-state index contributed by atoms with van der Waals surface area (Å²) in [6.07, 6.45) is 1.71. The highest BCUT2D eigenvalue weighted by molar-refractivity contribution is 7.99. The number of halogens is 2.